The smallest absolute Gasteiger partial charge is 0.118 e. The van der Waals surface area contributed by atoms with Gasteiger partial charge in [-0.1, -0.05) is 13.8 Å². The molecule has 0 bridgehead atoms. The normalized spacial score (nSPS) is 9.95. The van der Waals surface area contributed by atoms with Crippen LogP contribution in [0, 0.1) is 6.92 Å². The van der Waals surface area contributed by atoms with Gasteiger partial charge < -0.3 is 14.0 Å². The predicted molar refractivity (Wildman–Crippen MR) is 89.0 cm³/mol. The molecular weight excluding hydrogens is 262 g/mol. The first-order valence-electron chi connectivity index (χ1n) is 7.64. The van der Waals surface area contributed by atoms with Crippen molar-refractivity contribution in [1.82, 2.24) is 4.57 Å². The fourth-order valence-corrected chi connectivity index (χ4v) is 2.18. The van der Waals surface area contributed by atoms with E-state index in [0.29, 0.717) is 0 Å². The first kappa shape index (κ1) is 17.3. The van der Waals surface area contributed by atoms with Crippen molar-refractivity contribution in [2.75, 3.05) is 20.3 Å². The molecular formula is C18H27NO2. The van der Waals surface area contributed by atoms with Gasteiger partial charge in [0.05, 0.1) is 13.7 Å². The summed E-state index contributed by atoms with van der Waals surface area (Å²) in [5, 5.41) is 0. The van der Waals surface area contributed by atoms with Crippen LogP contribution >= 0.6 is 0 Å². The van der Waals surface area contributed by atoms with E-state index in [1.165, 1.54) is 17.0 Å². The van der Waals surface area contributed by atoms with Crippen LogP contribution in [0.3, 0.4) is 0 Å². The SMILES string of the molecule is CC.CCOCCn1c(C)ccc1-c1ccc(OC)cc1. The fourth-order valence-electron chi connectivity index (χ4n) is 2.18. The van der Waals surface area contributed by atoms with Gasteiger partial charge >= 0.3 is 0 Å². The highest BCUT2D eigenvalue weighted by molar-refractivity contribution is 5.61. The number of aryl methyl sites for hydroxylation is 1. The Morgan fingerprint density at radius 1 is 1.00 bits per heavy atom. The van der Waals surface area contributed by atoms with Gasteiger partial charge in [0.1, 0.15) is 5.75 Å². The molecule has 0 radical (unpaired) electrons. The van der Waals surface area contributed by atoms with Crippen molar-refractivity contribution >= 4 is 0 Å². The third kappa shape index (κ3) is 4.64. The second-order valence-corrected chi connectivity index (χ2v) is 4.44. The number of hydrogen-bond acceptors (Lipinski definition) is 2. The summed E-state index contributed by atoms with van der Waals surface area (Å²) in [5.74, 6) is 0.882. The molecule has 0 N–H and O–H groups in total. The van der Waals surface area contributed by atoms with E-state index in [9.17, 15) is 0 Å². The summed E-state index contributed by atoms with van der Waals surface area (Å²) in [5.41, 5.74) is 3.68. The molecule has 21 heavy (non-hydrogen) atoms. The zero-order valence-electron chi connectivity index (χ0n) is 13.8. The van der Waals surface area contributed by atoms with E-state index >= 15 is 0 Å². The maximum atomic E-state index is 5.45. The molecule has 0 amide bonds. The van der Waals surface area contributed by atoms with Gasteiger partial charge in [0, 0.05) is 24.5 Å². The topological polar surface area (TPSA) is 23.4 Å². The molecule has 0 fully saturated rings. The molecule has 3 heteroatoms. The van der Waals surface area contributed by atoms with Gasteiger partial charge in [-0.15, -0.1) is 0 Å². The molecule has 2 rings (SSSR count). The molecule has 1 aromatic heterocycles. The number of rotatable bonds is 6. The summed E-state index contributed by atoms with van der Waals surface area (Å²) >= 11 is 0. The molecule has 0 saturated carbocycles. The van der Waals surface area contributed by atoms with Gasteiger partial charge in [0.2, 0.25) is 0 Å². The molecule has 2 aromatic rings. The van der Waals surface area contributed by atoms with E-state index < -0.39 is 0 Å². The third-order valence-electron chi connectivity index (χ3n) is 3.25. The highest BCUT2D eigenvalue weighted by atomic mass is 16.5. The van der Waals surface area contributed by atoms with Gasteiger partial charge in [-0.25, -0.2) is 0 Å². The standard InChI is InChI=1S/C16H21NO2.C2H6/c1-4-19-12-11-17-13(2)5-10-16(17)14-6-8-15(18-3)9-7-14;1-2/h5-10H,4,11-12H2,1-3H3;1-2H3. The second kappa shape index (κ2) is 9.24. The van der Waals surface area contributed by atoms with Gasteiger partial charge in [-0.2, -0.15) is 0 Å². The van der Waals surface area contributed by atoms with Gasteiger partial charge in [-0.05, 0) is 55.8 Å². The maximum absolute atomic E-state index is 5.45. The van der Waals surface area contributed by atoms with Crippen LogP contribution in [0.5, 0.6) is 5.75 Å². The summed E-state index contributed by atoms with van der Waals surface area (Å²) in [6, 6.07) is 12.5. The van der Waals surface area contributed by atoms with E-state index in [0.717, 1.165) is 25.5 Å². The van der Waals surface area contributed by atoms with E-state index in [1.54, 1.807) is 7.11 Å². The van der Waals surface area contributed by atoms with Crippen LogP contribution in [0.4, 0.5) is 0 Å². The molecule has 0 aliphatic rings. The Morgan fingerprint density at radius 2 is 1.67 bits per heavy atom. The van der Waals surface area contributed by atoms with Crippen LogP contribution in [-0.4, -0.2) is 24.9 Å². The van der Waals surface area contributed by atoms with E-state index in [1.807, 2.05) is 32.9 Å². The minimum absolute atomic E-state index is 0.745. The van der Waals surface area contributed by atoms with E-state index in [-0.39, 0.29) is 0 Å². The Bertz CT molecular complexity index is 515. The van der Waals surface area contributed by atoms with Crippen molar-refractivity contribution < 1.29 is 9.47 Å². The molecule has 0 aliphatic heterocycles. The molecule has 0 spiro atoms. The van der Waals surface area contributed by atoms with Gasteiger partial charge in [-0.3, -0.25) is 0 Å². The molecule has 0 atom stereocenters. The third-order valence-corrected chi connectivity index (χ3v) is 3.25. The summed E-state index contributed by atoms with van der Waals surface area (Å²) < 4.78 is 12.9. The highest BCUT2D eigenvalue weighted by Gasteiger charge is 2.07. The van der Waals surface area contributed by atoms with Gasteiger partial charge in [0.15, 0.2) is 0 Å². The number of benzene rings is 1. The molecule has 1 heterocycles. The number of aromatic nitrogens is 1. The lowest BCUT2D eigenvalue weighted by Crippen LogP contribution is -2.08. The van der Waals surface area contributed by atoms with Crippen molar-refractivity contribution in [3.05, 3.63) is 42.1 Å². The van der Waals surface area contributed by atoms with Crippen molar-refractivity contribution in [3.8, 4) is 17.0 Å². The zero-order valence-corrected chi connectivity index (χ0v) is 13.8. The molecule has 0 aliphatic carbocycles. The van der Waals surface area contributed by atoms with Crippen LogP contribution in [0.15, 0.2) is 36.4 Å². The van der Waals surface area contributed by atoms with Crippen molar-refractivity contribution in [2.45, 2.75) is 34.2 Å². The first-order chi connectivity index (χ1) is 10.3. The average molecular weight is 289 g/mol. The Balaban J connectivity index is 0.00000106. The maximum Gasteiger partial charge on any atom is 0.118 e. The van der Waals surface area contributed by atoms with E-state index in [2.05, 4.69) is 35.8 Å². The van der Waals surface area contributed by atoms with Crippen LogP contribution in [0.2, 0.25) is 0 Å². The number of ether oxygens (including phenoxy) is 2. The Kier molecular flexibility index (Phi) is 7.62. The minimum Gasteiger partial charge on any atom is -0.497 e. The Labute approximate surface area is 128 Å². The van der Waals surface area contributed by atoms with Crippen molar-refractivity contribution in [1.29, 1.82) is 0 Å². The number of methoxy groups -OCH3 is 1. The largest absolute Gasteiger partial charge is 0.497 e. The molecule has 0 saturated heterocycles. The second-order valence-electron chi connectivity index (χ2n) is 4.44. The average Bonchev–Trinajstić information content (AvgIpc) is 2.91. The van der Waals surface area contributed by atoms with Crippen molar-refractivity contribution in [3.63, 3.8) is 0 Å². The number of hydrogen-bond donors (Lipinski definition) is 0. The molecule has 0 unspecified atom stereocenters. The first-order valence-corrected chi connectivity index (χ1v) is 7.64. The summed E-state index contributed by atoms with van der Waals surface area (Å²) in [4.78, 5) is 0. The van der Waals surface area contributed by atoms with Crippen LogP contribution in [0.1, 0.15) is 26.5 Å². The lowest BCUT2D eigenvalue weighted by molar-refractivity contribution is 0.139. The fraction of sp³-hybridized carbons (Fsp3) is 0.444. The van der Waals surface area contributed by atoms with E-state index in [4.69, 9.17) is 9.47 Å². The molecule has 116 valence electrons. The van der Waals surface area contributed by atoms with Crippen LogP contribution in [0.25, 0.3) is 11.3 Å². The van der Waals surface area contributed by atoms with Crippen molar-refractivity contribution in [2.24, 2.45) is 0 Å². The Morgan fingerprint density at radius 3 is 2.24 bits per heavy atom. The van der Waals surface area contributed by atoms with Crippen LogP contribution < -0.4 is 4.74 Å². The highest BCUT2D eigenvalue weighted by Crippen LogP contribution is 2.24. The lowest BCUT2D eigenvalue weighted by Gasteiger charge is -2.12. The minimum atomic E-state index is 0.745. The van der Waals surface area contributed by atoms with Gasteiger partial charge in [0.25, 0.3) is 0 Å². The lowest BCUT2D eigenvalue weighted by atomic mass is 10.1. The Hall–Kier alpha value is -1.74. The summed E-state index contributed by atoms with van der Waals surface area (Å²) in [7, 11) is 1.68. The summed E-state index contributed by atoms with van der Waals surface area (Å²) in [6.07, 6.45) is 0. The van der Waals surface area contributed by atoms with Crippen LogP contribution in [-0.2, 0) is 11.3 Å². The quantitative estimate of drug-likeness (QED) is 0.729. The molecule has 3 nitrogen and oxygen atoms in total. The predicted octanol–water partition coefficient (Wildman–Crippen LogP) is 4.53. The monoisotopic (exact) mass is 289 g/mol. The summed E-state index contributed by atoms with van der Waals surface area (Å²) in [6.45, 7) is 10.5. The molecule has 1 aromatic carbocycles. The number of nitrogens with zero attached hydrogens (tertiary/aromatic N) is 1. The zero-order chi connectivity index (χ0) is 15.7.